The van der Waals surface area contributed by atoms with Crippen molar-refractivity contribution in [3.05, 3.63) is 76.4 Å². The third-order valence-corrected chi connectivity index (χ3v) is 4.82. The second kappa shape index (κ2) is 7.72. The van der Waals surface area contributed by atoms with E-state index in [1.165, 1.54) is 5.69 Å². The average Bonchev–Trinajstić information content (AvgIpc) is 3.03. The van der Waals surface area contributed by atoms with E-state index in [2.05, 4.69) is 67.3 Å². The highest BCUT2D eigenvalue weighted by Gasteiger charge is 2.24. The highest BCUT2D eigenvalue weighted by Crippen LogP contribution is 2.39. The Hall–Kier alpha value is -3.30. The van der Waals surface area contributed by atoms with Gasteiger partial charge in [0.1, 0.15) is 17.7 Å². The van der Waals surface area contributed by atoms with Gasteiger partial charge in [-0.3, -0.25) is 0 Å². The van der Waals surface area contributed by atoms with Crippen molar-refractivity contribution in [1.29, 1.82) is 10.5 Å². The molecule has 0 amide bonds. The van der Waals surface area contributed by atoms with Crippen LogP contribution in [0.1, 0.15) is 30.5 Å². The maximum atomic E-state index is 9.38. The molecule has 3 rings (SSSR count). The molecule has 0 saturated heterocycles. The summed E-state index contributed by atoms with van der Waals surface area (Å²) >= 11 is 0. The minimum Gasteiger partial charge on any atom is -0.372 e. The highest BCUT2D eigenvalue weighted by molar-refractivity contribution is 5.95. The van der Waals surface area contributed by atoms with Gasteiger partial charge < -0.3 is 4.90 Å². The first-order chi connectivity index (χ1) is 12.7. The molecular weight excluding hydrogens is 318 g/mol. The van der Waals surface area contributed by atoms with Gasteiger partial charge in [-0.1, -0.05) is 42.5 Å². The fraction of sp³-hybridized carbons (Fsp3) is 0.217. The molecule has 0 unspecified atom stereocenters. The lowest BCUT2D eigenvalue weighted by Gasteiger charge is -2.20. The molecule has 3 heteroatoms. The predicted octanol–water partition coefficient (Wildman–Crippen LogP) is 4.97. The van der Waals surface area contributed by atoms with Crippen LogP contribution < -0.4 is 4.90 Å². The molecule has 0 bridgehead atoms. The molecule has 128 valence electrons. The van der Waals surface area contributed by atoms with Crippen LogP contribution in [0, 0.1) is 22.7 Å². The lowest BCUT2D eigenvalue weighted by Crippen LogP contribution is -2.21. The highest BCUT2D eigenvalue weighted by atomic mass is 15.1. The maximum Gasteiger partial charge on any atom is 0.137 e. The summed E-state index contributed by atoms with van der Waals surface area (Å²) in [6.07, 6.45) is 2.84. The molecule has 0 aromatic heterocycles. The van der Waals surface area contributed by atoms with Gasteiger partial charge in [-0.05, 0) is 54.7 Å². The molecule has 2 aromatic carbocycles. The predicted molar refractivity (Wildman–Crippen MR) is 106 cm³/mol. The largest absolute Gasteiger partial charge is 0.372 e. The van der Waals surface area contributed by atoms with Crippen molar-refractivity contribution in [2.24, 2.45) is 0 Å². The van der Waals surface area contributed by atoms with Crippen molar-refractivity contribution in [2.45, 2.75) is 20.3 Å². The zero-order chi connectivity index (χ0) is 18.5. The summed E-state index contributed by atoms with van der Waals surface area (Å²) in [4.78, 5) is 2.30. The third-order valence-electron chi connectivity index (χ3n) is 4.82. The number of hydrogen-bond donors (Lipinski definition) is 0. The molecule has 26 heavy (non-hydrogen) atoms. The molecule has 1 aliphatic carbocycles. The summed E-state index contributed by atoms with van der Waals surface area (Å²) in [5.74, 6) is 0. The van der Waals surface area contributed by atoms with Gasteiger partial charge in [0.05, 0.1) is 0 Å². The van der Waals surface area contributed by atoms with E-state index in [1.54, 1.807) is 0 Å². The van der Waals surface area contributed by atoms with Crippen LogP contribution >= 0.6 is 0 Å². The minimum atomic E-state index is 0.181. The van der Waals surface area contributed by atoms with Gasteiger partial charge >= 0.3 is 0 Å². The van der Waals surface area contributed by atoms with Crippen LogP contribution in [0.3, 0.4) is 0 Å². The number of nitriles is 2. The standard InChI is InChI=1S/C23H21N3/c1-3-26(4-2)21-11-9-17(10-12-21)13-19-14-18-7-5-6-8-22(18)23(19)20(15-24)16-25/h5-13H,3-4,14H2,1-2H3/b19-13+. The van der Waals surface area contributed by atoms with Crippen LogP contribution in [-0.2, 0) is 6.42 Å². The fourth-order valence-electron chi connectivity index (χ4n) is 3.51. The Morgan fingerprint density at radius 3 is 2.27 bits per heavy atom. The number of rotatable bonds is 4. The SMILES string of the molecule is CCN(CC)c1ccc(/C=C2\Cc3ccccc3C2=C(C#N)C#N)cc1. The smallest absolute Gasteiger partial charge is 0.137 e. The zero-order valence-electron chi connectivity index (χ0n) is 15.2. The normalized spacial score (nSPS) is 13.8. The minimum absolute atomic E-state index is 0.181. The summed E-state index contributed by atoms with van der Waals surface area (Å²) in [6.45, 7) is 6.26. The van der Waals surface area contributed by atoms with E-state index >= 15 is 0 Å². The summed E-state index contributed by atoms with van der Waals surface area (Å²) in [5.41, 5.74) is 6.43. The number of nitrogens with zero attached hydrogens (tertiary/aromatic N) is 3. The second-order valence-corrected chi connectivity index (χ2v) is 6.24. The molecule has 3 nitrogen and oxygen atoms in total. The van der Waals surface area contributed by atoms with E-state index in [9.17, 15) is 10.5 Å². The topological polar surface area (TPSA) is 50.8 Å². The summed E-state index contributed by atoms with van der Waals surface area (Å²) in [6, 6.07) is 20.6. The molecule has 0 aliphatic heterocycles. The molecule has 0 saturated carbocycles. The number of anilines is 1. The first kappa shape index (κ1) is 17.5. The molecule has 0 spiro atoms. The van der Waals surface area contributed by atoms with Crippen molar-refractivity contribution >= 4 is 17.3 Å². The molecule has 0 heterocycles. The molecule has 2 aromatic rings. The molecule has 1 aliphatic rings. The van der Waals surface area contributed by atoms with Gasteiger partial charge in [-0.25, -0.2) is 0 Å². The van der Waals surface area contributed by atoms with E-state index in [-0.39, 0.29) is 5.57 Å². The van der Waals surface area contributed by atoms with Crippen LogP contribution in [0.2, 0.25) is 0 Å². The third kappa shape index (κ3) is 3.25. The van der Waals surface area contributed by atoms with Crippen LogP contribution in [0.15, 0.2) is 59.7 Å². The molecule has 0 radical (unpaired) electrons. The van der Waals surface area contributed by atoms with Crippen molar-refractivity contribution in [1.82, 2.24) is 0 Å². The molecular formula is C23H21N3. The van der Waals surface area contributed by atoms with Gasteiger partial charge in [0.25, 0.3) is 0 Å². The van der Waals surface area contributed by atoms with Crippen molar-refractivity contribution in [3.8, 4) is 12.1 Å². The quantitative estimate of drug-likeness (QED) is 0.739. The molecule has 0 atom stereocenters. The maximum absolute atomic E-state index is 9.38. The molecule has 0 fully saturated rings. The van der Waals surface area contributed by atoms with Crippen LogP contribution in [0.25, 0.3) is 11.6 Å². The van der Waals surface area contributed by atoms with Crippen LogP contribution in [0.5, 0.6) is 0 Å². The van der Waals surface area contributed by atoms with Crippen molar-refractivity contribution in [3.63, 3.8) is 0 Å². The van der Waals surface area contributed by atoms with Gasteiger partial charge in [0, 0.05) is 24.4 Å². The number of hydrogen-bond acceptors (Lipinski definition) is 3. The van der Waals surface area contributed by atoms with E-state index in [0.717, 1.165) is 47.3 Å². The Bertz CT molecular complexity index is 930. The number of benzene rings is 2. The Morgan fingerprint density at radius 1 is 1.00 bits per heavy atom. The average molecular weight is 339 g/mol. The van der Waals surface area contributed by atoms with E-state index in [0.29, 0.717) is 0 Å². The van der Waals surface area contributed by atoms with Gasteiger partial charge in [0.15, 0.2) is 0 Å². The summed E-state index contributed by atoms with van der Waals surface area (Å²) in [7, 11) is 0. The Balaban J connectivity index is 2.02. The van der Waals surface area contributed by atoms with Crippen molar-refractivity contribution in [2.75, 3.05) is 18.0 Å². The zero-order valence-corrected chi connectivity index (χ0v) is 15.2. The number of allylic oxidation sites excluding steroid dienone is 3. The van der Waals surface area contributed by atoms with E-state index in [1.807, 2.05) is 18.2 Å². The van der Waals surface area contributed by atoms with Gasteiger partial charge in [-0.2, -0.15) is 10.5 Å². The van der Waals surface area contributed by atoms with E-state index in [4.69, 9.17) is 0 Å². The number of fused-ring (bicyclic) bond motifs is 1. The first-order valence-corrected chi connectivity index (χ1v) is 8.90. The van der Waals surface area contributed by atoms with Crippen molar-refractivity contribution < 1.29 is 0 Å². The summed E-state index contributed by atoms with van der Waals surface area (Å²) in [5, 5.41) is 18.8. The monoisotopic (exact) mass is 339 g/mol. The Kier molecular flexibility index (Phi) is 5.20. The lowest BCUT2D eigenvalue weighted by molar-refractivity contribution is 0.866. The Labute approximate surface area is 155 Å². The Morgan fingerprint density at radius 2 is 1.65 bits per heavy atom. The second-order valence-electron chi connectivity index (χ2n) is 6.24. The van der Waals surface area contributed by atoms with Crippen LogP contribution in [-0.4, -0.2) is 13.1 Å². The van der Waals surface area contributed by atoms with Gasteiger partial charge in [-0.15, -0.1) is 0 Å². The lowest BCUT2D eigenvalue weighted by atomic mass is 9.98. The van der Waals surface area contributed by atoms with E-state index < -0.39 is 0 Å². The molecule has 0 N–H and O–H groups in total. The first-order valence-electron chi connectivity index (χ1n) is 8.90. The van der Waals surface area contributed by atoms with Crippen LogP contribution in [0.4, 0.5) is 5.69 Å². The van der Waals surface area contributed by atoms with Gasteiger partial charge in [0.2, 0.25) is 0 Å². The fourth-order valence-corrected chi connectivity index (χ4v) is 3.51. The summed E-state index contributed by atoms with van der Waals surface area (Å²) < 4.78 is 0.